The lowest BCUT2D eigenvalue weighted by Gasteiger charge is -2.38. The van der Waals surface area contributed by atoms with Crippen LogP contribution in [-0.2, 0) is 5.41 Å². The summed E-state index contributed by atoms with van der Waals surface area (Å²) in [5, 5.41) is 0. The molecule has 1 heterocycles. The van der Waals surface area contributed by atoms with Crippen molar-refractivity contribution in [3.63, 3.8) is 0 Å². The molecule has 0 aromatic carbocycles. The Morgan fingerprint density at radius 1 is 1.00 bits per heavy atom. The molecular formula is C19H31BrS. The number of hydrogen-bond donors (Lipinski definition) is 0. The zero-order valence-electron chi connectivity index (χ0n) is 14.5. The third-order valence-corrected chi connectivity index (χ3v) is 8.19. The summed E-state index contributed by atoms with van der Waals surface area (Å²) in [6.07, 6.45) is 5.54. The molecule has 0 saturated heterocycles. The first-order valence-corrected chi connectivity index (χ1v) is 10.1. The molecule has 1 unspecified atom stereocenters. The molecule has 1 aromatic heterocycles. The predicted octanol–water partition coefficient (Wildman–Crippen LogP) is 7.33. The highest BCUT2D eigenvalue weighted by molar-refractivity contribution is 9.09. The van der Waals surface area contributed by atoms with Gasteiger partial charge in [-0.05, 0) is 60.5 Å². The van der Waals surface area contributed by atoms with Crippen molar-refractivity contribution in [1.82, 2.24) is 0 Å². The Kier molecular flexibility index (Phi) is 5.31. The van der Waals surface area contributed by atoms with Gasteiger partial charge in [0.05, 0.1) is 4.83 Å². The highest BCUT2D eigenvalue weighted by Gasteiger charge is 2.33. The molecule has 1 aliphatic carbocycles. The molecule has 2 rings (SSSR count). The number of thiophene rings is 1. The molecule has 0 N–H and O–H groups in total. The van der Waals surface area contributed by atoms with E-state index in [-0.39, 0.29) is 5.41 Å². The number of alkyl halides is 1. The maximum Gasteiger partial charge on any atom is 0.0517 e. The van der Waals surface area contributed by atoms with E-state index in [9.17, 15) is 0 Å². The van der Waals surface area contributed by atoms with E-state index in [1.54, 1.807) is 0 Å². The molecular weight excluding hydrogens is 340 g/mol. The van der Waals surface area contributed by atoms with Gasteiger partial charge < -0.3 is 0 Å². The minimum absolute atomic E-state index is 0.277. The summed E-state index contributed by atoms with van der Waals surface area (Å²) in [5.74, 6) is 1.72. The second-order valence-corrected chi connectivity index (χ2v) is 10.9. The maximum absolute atomic E-state index is 4.01. The normalized spacial score (nSPS) is 25.9. The Bertz CT molecular complexity index is 453. The lowest BCUT2D eigenvalue weighted by molar-refractivity contribution is 0.150. The SMILES string of the molecule is CC(C)(C)c1ccc(C(Br)C2CCC(C(C)(C)C)CC2)s1. The van der Waals surface area contributed by atoms with Crippen LogP contribution in [0.5, 0.6) is 0 Å². The minimum Gasteiger partial charge on any atom is -0.144 e. The van der Waals surface area contributed by atoms with Crippen molar-refractivity contribution < 1.29 is 0 Å². The molecule has 1 atom stereocenters. The van der Waals surface area contributed by atoms with Crippen LogP contribution in [0.4, 0.5) is 0 Å². The van der Waals surface area contributed by atoms with Gasteiger partial charge in [0.15, 0.2) is 0 Å². The quantitative estimate of drug-likeness (QED) is 0.477. The molecule has 2 heteroatoms. The Balaban J connectivity index is 1.99. The van der Waals surface area contributed by atoms with Crippen molar-refractivity contribution in [3.05, 3.63) is 21.9 Å². The smallest absolute Gasteiger partial charge is 0.0517 e. The first kappa shape index (κ1) is 17.5. The van der Waals surface area contributed by atoms with Gasteiger partial charge in [-0.15, -0.1) is 11.3 Å². The number of hydrogen-bond acceptors (Lipinski definition) is 1. The van der Waals surface area contributed by atoms with Gasteiger partial charge in [0.2, 0.25) is 0 Å². The first-order valence-electron chi connectivity index (χ1n) is 8.33. The Morgan fingerprint density at radius 2 is 1.57 bits per heavy atom. The Morgan fingerprint density at radius 3 is 2.00 bits per heavy atom. The summed E-state index contributed by atoms with van der Waals surface area (Å²) in [6.45, 7) is 14.1. The summed E-state index contributed by atoms with van der Waals surface area (Å²) >= 11 is 6.01. The van der Waals surface area contributed by atoms with Crippen LogP contribution in [-0.4, -0.2) is 0 Å². The molecule has 0 amide bonds. The summed E-state index contributed by atoms with van der Waals surface area (Å²) in [4.78, 5) is 3.59. The first-order chi connectivity index (χ1) is 9.59. The Hall–Kier alpha value is 0.180. The van der Waals surface area contributed by atoms with E-state index in [0.717, 1.165) is 11.8 Å². The number of rotatable bonds is 2. The van der Waals surface area contributed by atoms with Crippen LogP contribution in [0, 0.1) is 17.3 Å². The lowest BCUT2D eigenvalue weighted by Crippen LogP contribution is -2.26. The molecule has 0 aliphatic heterocycles. The van der Waals surface area contributed by atoms with Crippen molar-refractivity contribution in [2.75, 3.05) is 0 Å². The molecule has 1 aliphatic rings. The summed E-state index contributed by atoms with van der Waals surface area (Å²) in [7, 11) is 0. The standard InChI is InChI=1S/C19H31BrS/c1-18(2,3)14-9-7-13(8-10-14)17(20)15-11-12-16(21-15)19(4,5)6/h11-14,17H,7-10H2,1-6H3. The predicted molar refractivity (Wildman–Crippen MR) is 99.6 cm³/mol. The van der Waals surface area contributed by atoms with Crippen LogP contribution >= 0.6 is 27.3 Å². The molecule has 120 valence electrons. The highest BCUT2D eigenvalue weighted by Crippen LogP contribution is 2.47. The van der Waals surface area contributed by atoms with Gasteiger partial charge in [-0.1, -0.05) is 57.5 Å². The van der Waals surface area contributed by atoms with Crippen molar-refractivity contribution in [3.8, 4) is 0 Å². The van der Waals surface area contributed by atoms with Gasteiger partial charge in [0, 0.05) is 9.75 Å². The van der Waals surface area contributed by atoms with Crippen LogP contribution < -0.4 is 0 Å². The molecule has 0 nitrogen and oxygen atoms in total. The molecule has 0 radical (unpaired) electrons. The molecule has 1 saturated carbocycles. The van der Waals surface area contributed by atoms with Gasteiger partial charge in [0.1, 0.15) is 0 Å². The van der Waals surface area contributed by atoms with Gasteiger partial charge in [-0.3, -0.25) is 0 Å². The van der Waals surface area contributed by atoms with E-state index in [0.29, 0.717) is 10.2 Å². The topological polar surface area (TPSA) is 0 Å². The maximum atomic E-state index is 4.01. The summed E-state index contributed by atoms with van der Waals surface area (Å²) < 4.78 is 0. The monoisotopic (exact) mass is 370 g/mol. The fraction of sp³-hybridized carbons (Fsp3) is 0.789. The third-order valence-electron chi connectivity index (χ3n) is 5.05. The van der Waals surface area contributed by atoms with Crippen molar-refractivity contribution in [2.24, 2.45) is 17.3 Å². The summed E-state index contributed by atoms with van der Waals surface area (Å²) in [5.41, 5.74) is 0.759. The van der Waals surface area contributed by atoms with Gasteiger partial charge in [0.25, 0.3) is 0 Å². The van der Waals surface area contributed by atoms with Crippen LogP contribution in [0.15, 0.2) is 12.1 Å². The van der Waals surface area contributed by atoms with Crippen LogP contribution in [0.1, 0.15) is 81.8 Å². The van der Waals surface area contributed by atoms with Crippen LogP contribution in [0.2, 0.25) is 0 Å². The summed E-state index contributed by atoms with van der Waals surface area (Å²) in [6, 6.07) is 4.68. The van der Waals surface area contributed by atoms with E-state index in [2.05, 4.69) is 69.6 Å². The van der Waals surface area contributed by atoms with E-state index in [1.165, 1.54) is 35.4 Å². The van der Waals surface area contributed by atoms with Crippen molar-refractivity contribution >= 4 is 27.3 Å². The highest BCUT2D eigenvalue weighted by atomic mass is 79.9. The average Bonchev–Trinajstić information content (AvgIpc) is 2.86. The fourth-order valence-electron chi connectivity index (χ4n) is 3.41. The minimum atomic E-state index is 0.277. The van der Waals surface area contributed by atoms with Crippen LogP contribution in [0.3, 0.4) is 0 Å². The van der Waals surface area contributed by atoms with E-state index in [1.807, 2.05) is 11.3 Å². The van der Waals surface area contributed by atoms with Gasteiger partial charge in [-0.25, -0.2) is 0 Å². The fourth-order valence-corrected chi connectivity index (χ4v) is 5.51. The third kappa shape index (κ3) is 4.34. The largest absolute Gasteiger partial charge is 0.144 e. The molecule has 1 fully saturated rings. The van der Waals surface area contributed by atoms with Gasteiger partial charge >= 0.3 is 0 Å². The molecule has 21 heavy (non-hydrogen) atoms. The molecule has 0 spiro atoms. The average molecular weight is 371 g/mol. The Labute approximate surface area is 143 Å². The molecule has 1 aromatic rings. The van der Waals surface area contributed by atoms with Crippen molar-refractivity contribution in [1.29, 1.82) is 0 Å². The zero-order chi connectivity index (χ0) is 15.8. The number of halogens is 1. The lowest BCUT2D eigenvalue weighted by atomic mass is 9.69. The van der Waals surface area contributed by atoms with E-state index in [4.69, 9.17) is 0 Å². The van der Waals surface area contributed by atoms with E-state index >= 15 is 0 Å². The molecule has 0 bridgehead atoms. The van der Waals surface area contributed by atoms with Crippen molar-refractivity contribution in [2.45, 2.75) is 77.5 Å². The van der Waals surface area contributed by atoms with Gasteiger partial charge in [-0.2, -0.15) is 0 Å². The zero-order valence-corrected chi connectivity index (χ0v) is 16.9. The van der Waals surface area contributed by atoms with E-state index < -0.39 is 0 Å². The second-order valence-electron chi connectivity index (χ2n) is 8.83. The van der Waals surface area contributed by atoms with Crippen LogP contribution in [0.25, 0.3) is 0 Å². The second kappa shape index (κ2) is 6.35.